The molecule has 1 fully saturated rings. The first-order chi connectivity index (χ1) is 20.7. The van der Waals surface area contributed by atoms with Gasteiger partial charge >= 0.3 is 35.8 Å². The van der Waals surface area contributed by atoms with Gasteiger partial charge in [0.05, 0.1) is 17.4 Å². The second kappa shape index (κ2) is 11.1. The predicted molar refractivity (Wildman–Crippen MR) is 140 cm³/mol. The largest absolute Gasteiger partial charge is 0.504 e. The van der Waals surface area contributed by atoms with E-state index in [9.17, 15) is 44.1 Å². The molecule has 0 radical (unpaired) electrons. The highest BCUT2D eigenvalue weighted by atomic mass is 16.6. The summed E-state index contributed by atoms with van der Waals surface area (Å²) < 4.78 is 26.4. The predicted octanol–water partition coefficient (Wildman–Crippen LogP) is 0.644. The van der Waals surface area contributed by atoms with Gasteiger partial charge in [-0.25, -0.2) is 14.4 Å². The molecule has 15 nitrogen and oxygen atoms in total. The van der Waals surface area contributed by atoms with Crippen molar-refractivity contribution in [3.05, 3.63) is 35.1 Å². The number of esters is 4. The minimum atomic E-state index is -2.38. The summed E-state index contributed by atoms with van der Waals surface area (Å²) in [6.45, 7) is 1.73. The molecular weight excluding hydrogens is 588 g/mol. The number of benzene rings is 1. The van der Waals surface area contributed by atoms with Crippen LogP contribution < -0.4 is 4.74 Å². The number of carboxylic acids is 2. The van der Waals surface area contributed by atoms with Crippen LogP contribution in [0.4, 0.5) is 0 Å². The Hall–Kier alpha value is -4.66. The lowest BCUT2D eigenvalue weighted by Crippen LogP contribution is -2.67. The Labute approximate surface area is 249 Å². The van der Waals surface area contributed by atoms with Crippen molar-refractivity contribution in [1.82, 2.24) is 0 Å². The molecule has 1 aromatic carbocycles. The Morgan fingerprint density at radius 3 is 2.27 bits per heavy atom. The van der Waals surface area contributed by atoms with Crippen LogP contribution in [-0.2, 0) is 59.6 Å². The normalized spacial score (nSPS) is 27.7. The van der Waals surface area contributed by atoms with Gasteiger partial charge in [0.15, 0.2) is 17.6 Å². The van der Waals surface area contributed by atoms with Crippen molar-refractivity contribution in [3.63, 3.8) is 0 Å². The summed E-state index contributed by atoms with van der Waals surface area (Å²) in [6.07, 6.45) is -5.30. The van der Waals surface area contributed by atoms with Crippen LogP contribution in [0.1, 0.15) is 57.1 Å². The molecule has 236 valence electrons. The second-order valence-corrected chi connectivity index (χ2v) is 11.3. The smallest absolute Gasteiger partial charge is 0.357 e. The number of carbonyl (C=O) groups excluding carboxylic acids is 4. The first-order valence-electron chi connectivity index (χ1n) is 13.8. The van der Waals surface area contributed by atoms with Gasteiger partial charge in [-0.2, -0.15) is 0 Å². The van der Waals surface area contributed by atoms with E-state index in [4.69, 9.17) is 28.8 Å². The molecule has 44 heavy (non-hydrogen) atoms. The molecule has 1 aromatic rings. The number of aromatic hydroxyl groups is 1. The van der Waals surface area contributed by atoms with E-state index in [0.29, 0.717) is 24.8 Å². The zero-order chi connectivity index (χ0) is 32.1. The summed E-state index contributed by atoms with van der Waals surface area (Å²) in [5.74, 6) is -9.17. The summed E-state index contributed by atoms with van der Waals surface area (Å²) in [7, 11) is 0. The Bertz CT molecular complexity index is 1480. The number of hydrogen-bond acceptors (Lipinski definition) is 13. The van der Waals surface area contributed by atoms with Gasteiger partial charge in [-0.1, -0.05) is 12.5 Å². The SMILES string of the molecule is CC(=O)O[C@@H](C(=O)OC1=CC[C@]2(O)[C@H]3CCC[C@]24c2c(ccc(O)c2O[C@H]14)C3)[C@@H](OC(C)=O)C(=O)O[C@@H](CC(=O)O)C(=O)O. The first-order valence-corrected chi connectivity index (χ1v) is 13.8. The Morgan fingerprint density at radius 1 is 1.00 bits per heavy atom. The lowest BCUT2D eigenvalue weighted by atomic mass is 9.47. The van der Waals surface area contributed by atoms with Crippen molar-refractivity contribution in [3.8, 4) is 11.5 Å². The molecule has 3 aliphatic carbocycles. The molecular formula is C29H30O15. The van der Waals surface area contributed by atoms with Crippen LogP contribution in [0.15, 0.2) is 24.0 Å². The van der Waals surface area contributed by atoms with Gasteiger partial charge in [0, 0.05) is 19.4 Å². The number of rotatable bonds is 10. The van der Waals surface area contributed by atoms with Gasteiger partial charge in [0.2, 0.25) is 18.3 Å². The maximum absolute atomic E-state index is 13.6. The number of phenols is 1. The zero-order valence-corrected chi connectivity index (χ0v) is 23.6. The fourth-order valence-electron chi connectivity index (χ4n) is 7.08. The average molecular weight is 619 g/mol. The summed E-state index contributed by atoms with van der Waals surface area (Å²) in [4.78, 5) is 73.0. The minimum Gasteiger partial charge on any atom is -0.504 e. The molecule has 1 aliphatic heterocycles. The molecule has 0 unspecified atom stereocenters. The standard InChI is InChI=1S/C29H30O15/c1-12(30)40-22(23(41-13(2)31)27(38)43-18(25(35)36)11-19(33)34)26(37)42-17-7-9-29(39)15-4-3-8-28(29)20-14(10-15)5-6-16(32)21(20)44-24(17)28/h5-7,15,18,22-24,32,39H,3-4,8-11H2,1-2H3,(H,33,34)(H,35,36)/t15-,18-,22+,23+,24+,28+,29-/m0/s1. The van der Waals surface area contributed by atoms with Crippen LogP contribution in [-0.4, -0.2) is 86.3 Å². The van der Waals surface area contributed by atoms with E-state index in [1.807, 2.05) is 0 Å². The number of aliphatic carboxylic acids is 2. The van der Waals surface area contributed by atoms with Crippen LogP contribution in [0.25, 0.3) is 0 Å². The third-order valence-electron chi connectivity index (χ3n) is 8.70. The molecule has 4 N–H and O–H groups in total. The number of aliphatic hydroxyl groups is 1. The van der Waals surface area contributed by atoms with E-state index >= 15 is 0 Å². The molecule has 5 rings (SSSR count). The van der Waals surface area contributed by atoms with Gasteiger partial charge < -0.3 is 44.1 Å². The second-order valence-electron chi connectivity index (χ2n) is 11.3. The van der Waals surface area contributed by atoms with E-state index in [1.165, 1.54) is 12.1 Å². The molecule has 15 heteroatoms. The molecule has 1 spiro atoms. The summed E-state index contributed by atoms with van der Waals surface area (Å²) >= 11 is 0. The third kappa shape index (κ3) is 4.90. The molecule has 1 saturated carbocycles. The number of phenolic OH excluding ortho intramolecular Hbond substituents is 1. The Morgan fingerprint density at radius 2 is 1.66 bits per heavy atom. The van der Waals surface area contributed by atoms with Crippen molar-refractivity contribution >= 4 is 35.8 Å². The van der Waals surface area contributed by atoms with Crippen LogP contribution in [0.3, 0.4) is 0 Å². The molecule has 2 bridgehead atoms. The van der Waals surface area contributed by atoms with Crippen LogP contribution in [0, 0.1) is 5.92 Å². The van der Waals surface area contributed by atoms with Gasteiger partial charge in [-0.3, -0.25) is 14.4 Å². The number of carbonyl (C=O) groups is 6. The number of carboxylic acid groups (broad SMARTS) is 2. The maximum atomic E-state index is 13.6. The first kappa shape index (κ1) is 30.8. The minimum absolute atomic E-state index is 0.0395. The van der Waals surface area contributed by atoms with Gasteiger partial charge in [0.25, 0.3) is 0 Å². The molecule has 0 amide bonds. The third-order valence-corrected chi connectivity index (χ3v) is 8.70. The summed E-state index contributed by atoms with van der Waals surface area (Å²) in [5.41, 5.74) is -0.892. The van der Waals surface area contributed by atoms with Crippen molar-refractivity contribution in [1.29, 1.82) is 0 Å². The molecule has 7 atom stereocenters. The van der Waals surface area contributed by atoms with E-state index in [-0.39, 0.29) is 29.6 Å². The van der Waals surface area contributed by atoms with Gasteiger partial charge in [-0.15, -0.1) is 0 Å². The lowest BCUT2D eigenvalue weighted by Gasteiger charge is -2.59. The fraction of sp³-hybridized carbons (Fsp3) is 0.517. The number of ether oxygens (including phenoxy) is 5. The Kier molecular flexibility index (Phi) is 7.78. The summed E-state index contributed by atoms with van der Waals surface area (Å²) in [6, 6.07) is 3.25. The van der Waals surface area contributed by atoms with Gasteiger partial charge in [-0.05, 0) is 49.3 Å². The quantitative estimate of drug-likeness (QED) is 0.208. The molecule has 1 heterocycles. The van der Waals surface area contributed by atoms with Crippen molar-refractivity contribution in [2.75, 3.05) is 0 Å². The highest BCUT2D eigenvalue weighted by Gasteiger charge is 2.71. The molecule has 0 aromatic heterocycles. The van der Waals surface area contributed by atoms with E-state index < -0.39 is 77.7 Å². The highest BCUT2D eigenvalue weighted by Crippen LogP contribution is 2.67. The lowest BCUT2D eigenvalue weighted by molar-refractivity contribution is -0.195. The molecule has 0 saturated heterocycles. The maximum Gasteiger partial charge on any atom is 0.357 e. The van der Waals surface area contributed by atoms with Crippen molar-refractivity contribution < 1.29 is 72.9 Å². The van der Waals surface area contributed by atoms with Crippen molar-refractivity contribution in [2.24, 2.45) is 5.92 Å². The van der Waals surface area contributed by atoms with Crippen LogP contribution in [0.5, 0.6) is 11.5 Å². The topological polar surface area (TPSA) is 229 Å². The average Bonchev–Trinajstić information content (AvgIpc) is 3.28. The highest BCUT2D eigenvalue weighted by molar-refractivity contribution is 5.91. The number of hydrogen-bond donors (Lipinski definition) is 4. The molecule has 4 aliphatic rings. The van der Waals surface area contributed by atoms with Crippen molar-refractivity contribution in [2.45, 2.75) is 87.8 Å². The zero-order valence-electron chi connectivity index (χ0n) is 23.6. The van der Waals surface area contributed by atoms with E-state index in [0.717, 1.165) is 25.8 Å². The van der Waals surface area contributed by atoms with Crippen LogP contribution in [0.2, 0.25) is 0 Å². The van der Waals surface area contributed by atoms with Crippen LogP contribution >= 0.6 is 0 Å². The Balaban J connectivity index is 1.48. The fourth-order valence-corrected chi connectivity index (χ4v) is 7.08. The van der Waals surface area contributed by atoms with Gasteiger partial charge in [0.1, 0.15) is 5.76 Å². The summed E-state index contributed by atoms with van der Waals surface area (Å²) in [5, 5.41) is 41.0. The van der Waals surface area contributed by atoms with E-state index in [2.05, 4.69) is 0 Å². The monoisotopic (exact) mass is 618 g/mol. The van der Waals surface area contributed by atoms with E-state index in [1.54, 1.807) is 6.07 Å².